The first-order chi connectivity index (χ1) is 33.7. The van der Waals surface area contributed by atoms with Crippen molar-refractivity contribution in [2.24, 2.45) is 0 Å². The molecule has 2 heteroatoms. The second-order valence-corrected chi connectivity index (χ2v) is 17.6. The van der Waals surface area contributed by atoms with E-state index in [0.29, 0.717) is 0 Å². The van der Waals surface area contributed by atoms with E-state index in [1.54, 1.807) is 0 Å². The monoisotopic (exact) mass is 865 g/mol. The zero-order valence-electron chi connectivity index (χ0n) is 37.2. The summed E-state index contributed by atoms with van der Waals surface area (Å²) in [5.74, 6) is 0. The largest absolute Gasteiger partial charge is 0.455 e. The van der Waals surface area contributed by atoms with Crippen molar-refractivity contribution in [3.63, 3.8) is 0 Å². The third-order valence-electron chi connectivity index (χ3n) is 13.7. The average Bonchev–Trinajstić information content (AvgIpc) is 3.81. The zero-order valence-corrected chi connectivity index (χ0v) is 37.2. The van der Waals surface area contributed by atoms with Crippen molar-refractivity contribution < 1.29 is 4.42 Å². The lowest BCUT2D eigenvalue weighted by molar-refractivity contribution is 0.670. The van der Waals surface area contributed by atoms with E-state index in [0.717, 1.165) is 55.5 Å². The minimum absolute atomic E-state index is 0.855. The van der Waals surface area contributed by atoms with Crippen LogP contribution >= 0.6 is 0 Å². The Morgan fingerprint density at radius 2 is 0.779 bits per heavy atom. The number of para-hydroxylation sites is 1. The van der Waals surface area contributed by atoms with Gasteiger partial charge in [0, 0.05) is 22.0 Å². The van der Waals surface area contributed by atoms with E-state index in [4.69, 9.17) is 4.42 Å². The van der Waals surface area contributed by atoms with Gasteiger partial charge in [0.05, 0.1) is 16.8 Å². The summed E-state index contributed by atoms with van der Waals surface area (Å²) < 4.78 is 6.99. The third-order valence-corrected chi connectivity index (χ3v) is 13.7. The van der Waals surface area contributed by atoms with Gasteiger partial charge in [0.15, 0.2) is 0 Å². The molecule has 0 aliphatic carbocycles. The number of fused-ring (bicyclic) bond motifs is 6. The Hall–Kier alpha value is -8.98. The minimum Gasteiger partial charge on any atom is -0.455 e. The fraction of sp³-hybridized carbons (Fsp3) is 0. The third kappa shape index (κ3) is 6.73. The number of anilines is 3. The van der Waals surface area contributed by atoms with E-state index in [1.165, 1.54) is 71.4 Å². The highest BCUT2D eigenvalue weighted by Crippen LogP contribution is 2.49. The van der Waals surface area contributed by atoms with Gasteiger partial charge in [-0.25, -0.2) is 0 Å². The molecule has 0 aliphatic heterocycles. The van der Waals surface area contributed by atoms with E-state index >= 15 is 0 Å². The van der Waals surface area contributed by atoms with Crippen LogP contribution in [0.15, 0.2) is 265 Å². The van der Waals surface area contributed by atoms with Crippen LogP contribution in [0.2, 0.25) is 0 Å². The molecule has 0 aliphatic rings. The fourth-order valence-corrected chi connectivity index (χ4v) is 10.4. The first kappa shape index (κ1) is 39.4. The molecule has 0 N–H and O–H groups in total. The highest BCUT2D eigenvalue weighted by atomic mass is 16.3. The van der Waals surface area contributed by atoms with Crippen LogP contribution in [-0.4, -0.2) is 0 Å². The highest BCUT2D eigenvalue weighted by molar-refractivity contribution is 6.19. The van der Waals surface area contributed by atoms with E-state index < -0.39 is 0 Å². The van der Waals surface area contributed by atoms with Crippen LogP contribution in [0.3, 0.4) is 0 Å². The minimum atomic E-state index is 0.855. The Morgan fingerprint density at radius 3 is 1.51 bits per heavy atom. The maximum atomic E-state index is 6.99. The van der Waals surface area contributed by atoms with Crippen molar-refractivity contribution in [2.75, 3.05) is 4.90 Å². The summed E-state index contributed by atoms with van der Waals surface area (Å²) in [4.78, 5) is 2.43. The van der Waals surface area contributed by atoms with Gasteiger partial charge >= 0.3 is 0 Å². The number of hydrogen-bond acceptors (Lipinski definition) is 2. The van der Waals surface area contributed by atoms with Crippen molar-refractivity contribution in [1.29, 1.82) is 0 Å². The molecule has 1 aromatic heterocycles. The van der Waals surface area contributed by atoms with Gasteiger partial charge in [-0.1, -0.05) is 218 Å². The summed E-state index contributed by atoms with van der Waals surface area (Å²) in [5, 5.41) is 9.44. The molecule has 0 spiro atoms. The van der Waals surface area contributed by atoms with Crippen LogP contribution in [0.1, 0.15) is 0 Å². The molecule has 0 saturated heterocycles. The van der Waals surface area contributed by atoms with Crippen LogP contribution in [0, 0.1) is 0 Å². The molecule has 68 heavy (non-hydrogen) atoms. The van der Waals surface area contributed by atoms with Crippen LogP contribution in [-0.2, 0) is 0 Å². The van der Waals surface area contributed by atoms with Crippen molar-refractivity contribution in [1.82, 2.24) is 0 Å². The van der Waals surface area contributed by atoms with Crippen LogP contribution in [0.4, 0.5) is 17.1 Å². The van der Waals surface area contributed by atoms with Crippen molar-refractivity contribution in [2.45, 2.75) is 0 Å². The summed E-state index contributed by atoms with van der Waals surface area (Å²) in [7, 11) is 0. The predicted octanol–water partition coefficient (Wildman–Crippen LogP) is 18.9. The summed E-state index contributed by atoms with van der Waals surface area (Å²) in [6.07, 6.45) is 0. The number of nitrogens with zero attached hydrogens (tertiary/aromatic N) is 1. The molecule has 0 atom stereocenters. The average molecular weight is 866 g/mol. The lowest BCUT2D eigenvalue weighted by atomic mass is 9.90. The van der Waals surface area contributed by atoms with Crippen LogP contribution < -0.4 is 4.90 Å². The molecule has 0 unspecified atom stereocenters. The lowest BCUT2D eigenvalue weighted by Crippen LogP contribution is -2.11. The van der Waals surface area contributed by atoms with Gasteiger partial charge in [-0.05, 0) is 119 Å². The van der Waals surface area contributed by atoms with Gasteiger partial charge in [0.1, 0.15) is 11.2 Å². The van der Waals surface area contributed by atoms with Gasteiger partial charge in [-0.2, -0.15) is 0 Å². The van der Waals surface area contributed by atoms with Crippen molar-refractivity contribution in [3.8, 4) is 55.6 Å². The topological polar surface area (TPSA) is 16.4 Å². The second-order valence-electron chi connectivity index (χ2n) is 17.6. The molecule has 13 rings (SSSR count). The molecule has 318 valence electrons. The van der Waals surface area contributed by atoms with Crippen molar-refractivity contribution in [3.05, 3.63) is 261 Å². The Labute approximate surface area is 395 Å². The molecule has 2 nitrogen and oxygen atoms in total. The molecule has 13 aromatic rings. The maximum absolute atomic E-state index is 6.99. The molecule has 0 bridgehead atoms. The molecule has 0 fully saturated rings. The maximum Gasteiger partial charge on any atom is 0.145 e. The van der Waals surface area contributed by atoms with E-state index in [2.05, 4.69) is 266 Å². The van der Waals surface area contributed by atoms with Gasteiger partial charge in [-0.15, -0.1) is 0 Å². The molecule has 0 saturated carbocycles. The standard InChI is InChI=1S/C66H43NO/c1-3-15-44(16-4-1)46-35-37-53(38-36-46)67(61-41-39-54(58-23-9-10-24-59(58)61)52-34-29-45-17-7-8-20-51(45)43-52)62-42-40-57(66-65(62)60-25-11-12-28-63(60)68-66)49-32-30-48(31-33-49)56-27-14-22-50-21-13-26-55(64(50)56)47-18-5-2-6-19-47/h1-43H. The van der Waals surface area contributed by atoms with Crippen molar-refractivity contribution >= 4 is 71.3 Å². The predicted molar refractivity (Wildman–Crippen MR) is 288 cm³/mol. The first-order valence-corrected chi connectivity index (χ1v) is 23.3. The molecular weight excluding hydrogens is 823 g/mol. The number of benzene rings is 12. The van der Waals surface area contributed by atoms with Gasteiger partial charge < -0.3 is 9.32 Å². The second kappa shape index (κ2) is 16.5. The Kier molecular flexibility index (Phi) is 9.54. The smallest absolute Gasteiger partial charge is 0.145 e. The molecule has 12 aromatic carbocycles. The van der Waals surface area contributed by atoms with E-state index in [9.17, 15) is 0 Å². The van der Waals surface area contributed by atoms with Crippen LogP contribution in [0.5, 0.6) is 0 Å². The van der Waals surface area contributed by atoms with Crippen LogP contribution in [0.25, 0.3) is 110 Å². The summed E-state index contributed by atoms with van der Waals surface area (Å²) in [6.45, 7) is 0. The normalized spacial score (nSPS) is 11.5. The lowest BCUT2D eigenvalue weighted by Gasteiger charge is -2.28. The molecule has 1 heterocycles. The van der Waals surface area contributed by atoms with Gasteiger partial charge in [0.2, 0.25) is 0 Å². The zero-order chi connectivity index (χ0) is 45.0. The summed E-state index contributed by atoms with van der Waals surface area (Å²) in [6, 6.07) is 94.3. The van der Waals surface area contributed by atoms with E-state index in [1.807, 2.05) is 0 Å². The van der Waals surface area contributed by atoms with Gasteiger partial charge in [0.25, 0.3) is 0 Å². The quantitative estimate of drug-likeness (QED) is 0.151. The first-order valence-electron chi connectivity index (χ1n) is 23.3. The SMILES string of the molecule is c1ccc(-c2ccc(N(c3ccc(-c4ccc5ccccc5c4)c4ccccc34)c3ccc(-c4ccc(-c5cccc6cccc(-c7ccccc7)c56)cc4)c4oc5ccccc5c34)cc2)cc1. The Balaban J connectivity index is 0.990. The molecule has 0 amide bonds. The fourth-order valence-electron chi connectivity index (χ4n) is 10.4. The Morgan fingerprint density at radius 1 is 0.265 bits per heavy atom. The van der Waals surface area contributed by atoms with E-state index in [-0.39, 0.29) is 0 Å². The van der Waals surface area contributed by atoms with Gasteiger partial charge in [-0.3, -0.25) is 0 Å². The summed E-state index contributed by atoms with van der Waals surface area (Å²) in [5.41, 5.74) is 16.6. The molecular formula is C66H43NO. The molecule has 0 radical (unpaired) electrons. The summed E-state index contributed by atoms with van der Waals surface area (Å²) >= 11 is 0. The number of hydrogen-bond donors (Lipinski definition) is 0. The highest BCUT2D eigenvalue weighted by Gasteiger charge is 2.24. The number of rotatable bonds is 8. The number of furan rings is 1. The Bertz CT molecular complexity index is 3990.